The van der Waals surface area contributed by atoms with Gasteiger partial charge in [-0.15, -0.1) is 0 Å². The minimum atomic E-state index is -0.367. The number of fused-ring (bicyclic) bond motifs is 2. The number of nitrogens with one attached hydrogen (secondary N) is 1. The monoisotopic (exact) mass is 255 g/mol. The van der Waals surface area contributed by atoms with E-state index in [2.05, 4.69) is 5.32 Å². The molecule has 0 radical (unpaired) electrons. The van der Waals surface area contributed by atoms with Gasteiger partial charge in [0.2, 0.25) is 5.91 Å². The van der Waals surface area contributed by atoms with Crippen LogP contribution in [0.2, 0.25) is 0 Å². The van der Waals surface area contributed by atoms with Gasteiger partial charge < -0.3 is 14.8 Å². The Morgan fingerprint density at radius 3 is 2.50 bits per heavy atom. The van der Waals surface area contributed by atoms with Crippen molar-refractivity contribution in [2.24, 2.45) is 17.8 Å². The number of ether oxygens (including phenoxy) is 2. The number of carbonyl (C=O) groups is 1. The van der Waals surface area contributed by atoms with E-state index in [0.29, 0.717) is 12.3 Å². The second-order valence-electron chi connectivity index (χ2n) is 5.84. The highest BCUT2D eigenvalue weighted by atomic mass is 16.7. The molecule has 18 heavy (non-hydrogen) atoms. The highest BCUT2D eigenvalue weighted by Crippen LogP contribution is 2.49. The minimum absolute atomic E-state index is 0.105. The van der Waals surface area contributed by atoms with Gasteiger partial charge in [-0.3, -0.25) is 4.79 Å². The van der Waals surface area contributed by atoms with Gasteiger partial charge in [0.1, 0.15) is 0 Å². The van der Waals surface area contributed by atoms with E-state index >= 15 is 0 Å². The van der Waals surface area contributed by atoms with Crippen molar-refractivity contribution in [2.75, 3.05) is 14.2 Å². The summed E-state index contributed by atoms with van der Waals surface area (Å²) in [7, 11) is 3.18. The summed E-state index contributed by atoms with van der Waals surface area (Å²) in [5.74, 6) is 2.45. The van der Waals surface area contributed by atoms with E-state index < -0.39 is 0 Å². The Bertz CT molecular complexity index is 291. The third-order valence-electron chi connectivity index (χ3n) is 4.59. The summed E-state index contributed by atoms with van der Waals surface area (Å²) in [6, 6.07) is -0.105. The van der Waals surface area contributed by atoms with Gasteiger partial charge in [0.25, 0.3) is 0 Å². The van der Waals surface area contributed by atoms with E-state index in [-0.39, 0.29) is 18.2 Å². The second-order valence-corrected chi connectivity index (χ2v) is 5.84. The third-order valence-corrected chi connectivity index (χ3v) is 4.59. The van der Waals surface area contributed by atoms with Crippen LogP contribution < -0.4 is 5.32 Å². The first-order valence-electron chi connectivity index (χ1n) is 6.99. The molecule has 2 saturated carbocycles. The van der Waals surface area contributed by atoms with Gasteiger partial charge in [0.15, 0.2) is 6.29 Å². The van der Waals surface area contributed by atoms with Gasteiger partial charge in [-0.25, -0.2) is 0 Å². The minimum Gasteiger partial charge on any atom is -0.354 e. The van der Waals surface area contributed by atoms with Crippen LogP contribution >= 0.6 is 0 Å². The highest BCUT2D eigenvalue weighted by molar-refractivity contribution is 5.76. The predicted octanol–water partition coefficient (Wildman–Crippen LogP) is 1.94. The van der Waals surface area contributed by atoms with Gasteiger partial charge in [0, 0.05) is 20.6 Å². The average molecular weight is 255 g/mol. The van der Waals surface area contributed by atoms with Crippen LogP contribution in [0.25, 0.3) is 0 Å². The Morgan fingerprint density at radius 2 is 2.00 bits per heavy atom. The summed E-state index contributed by atoms with van der Waals surface area (Å²) in [5.41, 5.74) is 0. The molecule has 2 aliphatic rings. The molecule has 4 heteroatoms. The summed E-state index contributed by atoms with van der Waals surface area (Å²) in [4.78, 5) is 12.0. The number of amides is 1. The maximum atomic E-state index is 12.0. The Balaban J connectivity index is 1.75. The van der Waals surface area contributed by atoms with Crippen molar-refractivity contribution < 1.29 is 14.3 Å². The van der Waals surface area contributed by atoms with Gasteiger partial charge in [-0.2, -0.15) is 0 Å². The number of hydrogen-bond acceptors (Lipinski definition) is 3. The maximum Gasteiger partial charge on any atom is 0.220 e. The Labute approximate surface area is 109 Å². The fourth-order valence-corrected chi connectivity index (χ4v) is 3.75. The van der Waals surface area contributed by atoms with Crippen molar-refractivity contribution in [2.45, 2.75) is 51.4 Å². The van der Waals surface area contributed by atoms with Crippen LogP contribution in [-0.2, 0) is 14.3 Å². The molecule has 2 bridgehead atoms. The van der Waals surface area contributed by atoms with Crippen LogP contribution in [0.3, 0.4) is 0 Å². The number of methoxy groups -OCH3 is 2. The van der Waals surface area contributed by atoms with Crippen molar-refractivity contribution >= 4 is 5.91 Å². The summed E-state index contributed by atoms with van der Waals surface area (Å²) >= 11 is 0. The van der Waals surface area contributed by atoms with Crippen molar-refractivity contribution in [3.63, 3.8) is 0 Å². The van der Waals surface area contributed by atoms with E-state index in [1.807, 2.05) is 6.92 Å². The molecule has 2 rings (SSSR count). The summed E-state index contributed by atoms with van der Waals surface area (Å²) in [6.45, 7) is 1.91. The van der Waals surface area contributed by atoms with Crippen molar-refractivity contribution in [3.8, 4) is 0 Å². The molecule has 0 aromatic heterocycles. The quantitative estimate of drug-likeness (QED) is 0.738. The zero-order valence-corrected chi connectivity index (χ0v) is 11.6. The van der Waals surface area contributed by atoms with Gasteiger partial charge in [-0.1, -0.05) is 6.42 Å². The number of carbonyl (C=O) groups excluding carboxylic acids is 1. The molecule has 2 fully saturated rings. The standard InChI is InChI=1S/C14H25NO3/c1-9(14(17-2)18-3)15-13(16)8-12-7-10-4-5-11(12)6-10/h9-12,14H,4-8H2,1-3H3,(H,15,16). The molecule has 2 aliphatic carbocycles. The molecule has 0 saturated heterocycles. The lowest BCUT2D eigenvalue weighted by Crippen LogP contribution is -2.43. The van der Waals surface area contributed by atoms with Crippen molar-refractivity contribution in [1.82, 2.24) is 5.32 Å². The molecule has 4 atom stereocenters. The number of rotatable bonds is 6. The molecule has 1 amide bonds. The van der Waals surface area contributed by atoms with E-state index in [4.69, 9.17) is 9.47 Å². The lowest BCUT2D eigenvalue weighted by atomic mass is 9.86. The van der Waals surface area contributed by atoms with Crippen LogP contribution in [0.15, 0.2) is 0 Å². The zero-order valence-electron chi connectivity index (χ0n) is 11.6. The highest BCUT2D eigenvalue weighted by Gasteiger charge is 2.40. The molecule has 0 aromatic rings. The van der Waals surface area contributed by atoms with Crippen LogP contribution in [0, 0.1) is 17.8 Å². The lowest BCUT2D eigenvalue weighted by Gasteiger charge is -2.25. The second kappa shape index (κ2) is 6.02. The van der Waals surface area contributed by atoms with Crippen LogP contribution in [0.5, 0.6) is 0 Å². The lowest BCUT2D eigenvalue weighted by molar-refractivity contribution is -0.136. The fraction of sp³-hybridized carbons (Fsp3) is 0.929. The Kier molecular flexibility index (Phi) is 4.62. The van der Waals surface area contributed by atoms with Crippen LogP contribution in [0.4, 0.5) is 0 Å². The SMILES string of the molecule is COC(OC)C(C)NC(=O)CC1CC2CCC1C2. The van der Waals surface area contributed by atoms with E-state index in [9.17, 15) is 4.79 Å². The Hall–Kier alpha value is -0.610. The molecular weight excluding hydrogens is 230 g/mol. The zero-order chi connectivity index (χ0) is 13.1. The summed E-state index contributed by atoms with van der Waals surface area (Å²) < 4.78 is 10.3. The molecule has 4 unspecified atom stereocenters. The molecular formula is C14H25NO3. The van der Waals surface area contributed by atoms with E-state index in [1.54, 1.807) is 14.2 Å². The molecule has 104 valence electrons. The molecule has 0 aromatic carbocycles. The maximum absolute atomic E-state index is 12.0. The molecule has 4 nitrogen and oxygen atoms in total. The first kappa shape index (κ1) is 13.8. The summed E-state index contributed by atoms with van der Waals surface area (Å²) in [6.07, 6.45) is 5.63. The smallest absolute Gasteiger partial charge is 0.220 e. The molecule has 0 heterocycles. The number of hydrogen-bond donors (Lipinski definition) is 1. The first-order valence-corrected chi connectivity index (χ1v) is 6.99. The first-order chi connectivity index (χ1) is 8.63. The van der Waals surface area contributed by atoms with E-state index in [0.717, 1.165) is 11.8 Å². The largest absolute Gasteiger partial charge is 0.354 e. The van der Waals surface area contributed by atoms with Crippen molar-refractivity contribution in [1.29, 1.82) is 0 Å². The predicted molar refractivity (Wildman–Crippen MR) is 69.0 cm³/mol. The van der Waals surface area contributed by atoms with E-state index in [1.165, 1.54) is 25.7 Å². The summed E-state index contributed by atoms with van der Waals surface area (Å²) in [5, 5.41) is 2.98. The molecule has 0 aliphatic heterocycles. The fourth-order valence-electron chi connectivity index (χ4n) is 3.75. The normalized spacial score (nSPS) is 31.9. The third kappa shape index (κ3) is 3.04. The van der Waals surface area contributed by atoms with Crippen LogP contribution in [0.1, 0.15) is 39.0 Å². The molecule has 1 N–H and O–H groups in total. The molecule has 0 spiro atoms. The topological polar surface area (TPSA) is 47.6 Å². The average Bonchev–Trinajstić information content (AvgIpc) is 2.92. The van der Waals surface area contributed by atoms with Crippen LogP contribution in [-0.4, -0.2) is 32.5 Å². The van der Waals surface area contributed by atoms with Gasteiger partial charge >= 0.3 is 0 Å². The van der Waals surface area contributed by atoms with Crippen molar-refractivity contribution in [3.05, 3.63) is 0 Å². The Morgan fingerprint density at radius 1 is 1.28 bits per heavy atom. The van der Waals surface area contributed by atoms with Gasteiger partial charge in [-0.05, 0) is 43.9 Å². The van der Waals surface area contributed by atoms with Gasteiger partial charge in [0.05, 0.1) is 6.04 Å².